The summed E-state index contributed by atoms with van der Waals surface area (Å²) in [6.45, 7) is 1.42. The molecule has 2 aromatic heterocycles. The molecule has 7 heteroatoms. The predicted octanol–water partition coefficient (Wildman–Crippen LogP) is 2.92. The van der Waals surface area contributed by atoms with E-state index in [1.54, 1.807) is 12.5 Å². The Morgan fingerprint density at radius 3 is 2.92 bits per heavy atom. The molecule has 3 aromatic rings. The van der Waals surface area contributed by atoms with Crippen LogP contribution in [-0.4, -0.2) is 45.0 Å². The molecule has 3 heterocycles. The zero-order chi connectivity index (χ0) is 17.2. The van der Waals surface area contributed by atoms with Crippen molar-refractivity contribution in [3.8, 4) is 17.1 Å². The molecule has 0 radical (unpaired) electrons. The van der Waals surface area contributed by atoms with Gasteiger partial charge >= 0.3 is 0 Å². The van der Waals surface area contributed by atoms with Crippen molar-refractivity contribution in [2.24, 2.45) is 0 Å². The number of benzene rings is 1. The number of hydrogen-bond donors (Lipinski definition) is 1. The highest BCUT2D eigenvalue weighted by Gasteiger charge is 2.20. The van der Waals surface area contributed by atoms with Gasteiger partial charge < -0.3 is 9.47 Å². The fourth-order valence-electron chi connectivity index (χ4n) is 3.01. The van der Waals surface area contributed by atoms with Gasteiger partial charge in [0.2, 0.25) is 5.88 Å². The summed E-state index contributed by atoms with van der Waals surface area (Å²) < 4.78 is 23.3. The maximum Gasteiger partial charge on any atom is 0.225 e. The van der Waals surface area contributed by atoms with Crippen molar-refractivity contribution in [2.75, 3.05) is 19.5 Å². The summed E-state index contributed by atoms with van der Waals surface area (Å²) in [6.07, 6.45) is 5.20. The Morgan fingerprint density at radius 1 is 1.28 bits per heavy atom. The third-order valence-corrected chi connectivity index (χ3v) is 5.24. The van der Waals surface area contributed by atoms with Gasteiger partial charge in [-0.1, -0.05) is 12.1 Å². The van der Waals surface area contributed by atoms with E-state index in [2.05, 4.69) is 15.2 Å². The van der Waals surface area contributed by atoms with Crippen LogP contribution in [0.1, 0.15) is 12.8 Å². The molecular formula is C18H19N3O3S. The van der Waals surface area contributed by atoms with Crippen LogP contribution in [0.2, 0.25) is 0 Å². The highest BCUT2D eigenvalue weighted by Crippen LogP contribution is 2.33. The maximum absolute atomic E-state index is 11.8. The highest BCUT2D eigenvalue weighted by atomic mass is 32.2. The SMILES string of the molecule is CS(=O)c1cccc(-c2n[nH]c3ccnc(OC4CCOCC4)c23)c1. The fraction of sp³-hybridized carbons (Fsp3) is 0.333. The summed E-state index contributed by atoms with van der Waals surface area (Å²) in [5.74, 6) is 0.580. The number of fused-ring (bicyclic) bond motifs is 1. The summed E-state index contributed by atoms with van der Waals surface area (Å²) in [6, 6.07) is 9.48. The zero-order valence-electron chi connectivity index (χ0n) is 13.9. The Hall–Kier alpha value is -2.25. The quantitative estimate of drug-likeness (QED) is 0.777. The van der Waals surface area contributed by atoms with Gasteiger partial charge in [0.15, 0.2) is 0 Å². The van der Waals surface area contributed by atoms with E-state index in [0.29, 0.717) is 19.1 Å². The molecule has 1 atom stereocenters. The molecule has 130 valence electrons. The first-order valence-electron chi connectivity index (χ1n) is 8.24. The van der Waals surface area contributed by atoms with Gasteiger partial charge in [0, 0.05) is 46.6 Å². The Bertz CT molecular complexity index is 919. The minimum Gasteiger partial charge on any atom is -0.474 e. The molecule has 1 fully saturated rings. The second-order valence-corrected chi connectivity index (χ2v) is 7.40. The molecule has 1 saturated heterocycles. The molecular weight excluding hydrogens is 338 g/mol. The van der Waals surface area contributed by atoms with Crippen molar-refractivity contribution in [1.29, 1.82) is 0 Å². The number of ether oxygens (including phenoxy) is 2. The van der Waals surface area contributed by atoms with E-state index >= 15 is 0 Å². The zero-order valence-corrected chi connectivity index (χ0v) is 14.7. The van der Waals surface area contributed by atoms with Gasteiger partial charge in [-0.15, -0.1) is 0 Å². The van der Waals surface area contributed by atoms with Gasteiger partial charge in [0.25, 0.3) is 0 Å². The molecule has 0 bridgehead atoms. The van der Waals surface area contributed by atoms with Crippen molar-refractivity contribution >= 4 is 21.7 Å². The van der Waals surface area contributed by atoms with E-state index in [1.807, 2.05) is 30.3 Å². The van der Waals surface area contributed by atoms with Crippen molar-refractivity contribution in [3.63, 3.8) is 0 Å². The molecule has 6 nitrogen and oxygen atoms in total. The maximum atomic E-state index is 11.8. The molecule has 1 aromatic carbocycles. The molecule has 0 spiro atoms. The van der Waals surface area contributed by atoms with Crippen molar-refractivity contribution < 1.29 is 13.7 Å². The lowest BCUT2D eigenvalue weighted by molar-refractivity contribution is 0.0244. The normalized spacial score (nSPS) is 16.8. The van der Waals surface area contributed by atoms with Crippen LogP contribution < -0.4 is 4.74 Å². The van der Waals surface area contributed by atoms with Gasteiger partial charge in [0.1, 0.15) is 11.8 Å². The molecule has 1 unspecified atom stereocenters. The summed E-state index contributed by atoms with van der Waals surface area (Å²) in [5.41, 5.74) is 2.52. The van der Waals surface area contributed by atoms with Crippen molar-refractivity contribution in [3.05, 3.63) is 36.5 Å². The third kappa shape index (κ3) is 3.29. The summed E-state index contributed by atoms with van der Waals surface area (Å²) in [5, 5.41) is 8.35. The number of nitrogens with one attached hydrogen (secondary N) is 1. The predicted molar refractivity (Wildman–Crippen MR) is 96.1 cm³/mol. The standard InChI is InChI=1S/C18H19N3O3S/c1-25(22)14-4-2-3-12(11-14)17-16-15(20-21-17)5-8-19-18(16)24-13-6-9-23-10-7-13/h2-5,8,11,13H,6-7,9-10H2,1H3,(H,20,21). The van der Waals surface area contributed by atoms with E-state index in [9.17, 15) is 4.21 Å². The molecule has 1 aliphatic heterocycles. The molecule has 1 N–H and O–H groups in total. The van der Waals surface area contributed by atoms with E-state index in [-0.39, 0.29) is 6.10 Å². The Labute approximate surface area is 148 Å². The van der Waals surface area contributed by atoms with E-state index < -0.39 is 10.8 Å². The number of hydrogen-bond acceptors (Lipinski definition) is 5. The minimum atomic E-state index is -1.04. The fourth-order valence-corrected chi connectivity index (χ4v) is 3.57. The van der Waals surface area contributed by atoms with E-state index in [0.717, 1.165) is 39.9 Å². The lowest BCUT2D eigenvalue weighted by Crippen LogP contribution is -2.26. The molecule has 4 rings (SSSR count). The second kappa shape index (κ2) is 6.93. The van der Waals surface area contributed by atoms with Gasteiger partial charge in [-0.3, -0.25) is 9.31 Å². The molecule has 0 amide bonds. The first-order valence-corrected chi connectivity index (χ1v) is 9.79. The van der Waals surface area contributed by atoms with Crippen molar-refractivity contribution in [1.82, 2.24) is 15.2 Å². The number of nitrogens with zero attached hydrogens (tertiary/aromatic N) is 2. The van der Waals surface area contributed by atoms with Gasteiger partial charge in [-0.2, -0.15) is 5.10 Å². The van der Waals surface area contributed by atoms with Crippen LogP contribution in [0.3, 0.4) is 0 Å². The smallest absolute Gasteiger partial charge is 0.225 e. The van der Waals surface area contributed by atoms with Gasteiger partial charge in [-0.25, -0.2) is 4.98 Å². The molecule has 0 saturated carbocycles. The second-order valence-electron chi connectivity index (χ2n) is 6.02. The van der Waals surface area contributed by atoms with Crippen LogP contribution >= 0.6 is 0 Å². The average molecular weight is 357 g/mol. The Morgan fingerprint density at radius 2 is 2.12 bits per heavy atom. The third-order valence-electron chi connectivity index (χ3n) is 4.33. The average Bonchev–Trinajstić information content (AvgIpc) is 3.08. The topological polar surface area (TPSA) is 77.1 Å². The first-order chi connectivity index (χ1) is 12.2. The Kier molecular flexibility index (Phi) is 4.50. The summed E-state index contributed by atoms with van der Waals surface area (Å²) >= 11 is 0. The van der Waals surface area contributed by atoms with Crippen LogP contribution in [0, 0.1) is 0 Å². The first kappa shape index (κ1) is 16.2. The largest absolute Gasteiger partial charge is 0.474 e. The lowest BCUT2D eigenvalue weighted by Gasteiger charge is -2.23. The van der Waals surface area contributed by atoms with Crippen LogP contribution in [0.15, 0.2) is 41.4 Å². The number of H-pyrrole nitrogens is 1. The number of rotatable bonds is 4. The monoisotopic (exact) mass is 357 g/mol. The van der Waals surface area contributed by atoms with Crippen LogP contribution in [-0.2, 0) is 15.5 Å². The summed E-state index contributed by atoms with van der Waals surface area (Å²) in [4.78, 5) is 5.20. The van der Waals surface area contributed by atoms with Crippen LogP contribution in [0.5, 0.6) is 5.88 Å². The van der Waals surface area contributed by atoms with Gasteiger partial charge in [0.05, 0.1) is 24.1 Å². The molecule has 0 aliphatic carbocycles. The number of aromatic amines is 1. The lowest BCUT2D eigenvalue weighted by atomic mass is 10.1. The number of aromatic nitrogens is 3. The van der Waals surface area contributed by atoms with Crippen LogP contribution in [0.25, 0.3) is 22.2 Å². The molecule has 25 heavy (non-hydrogen) atoms. The van der Waals surface area contributed by atoms with Crippen molar-refractivity contribution in [2.45, 2.75) is 23.8 Å². The van der Waals surface area contributed by atoms with E-state index in [1.165, 1.54) is 0 Å². The minimum absolute atomic E-state index is 0.101. The van der Waals surface area contributed by atoms with E-state index in [4.69, 9.17) is 9.47 Å². The number of pyridine rings is 1. The molecule has 1 aliphatic rings. The Balaban J connectivity index is 1.77. The summed E-state index contributed by atoms with van der Waals surface area (Å²) in [7, 11) is -1.04. The van der Waals surface area contributed by atoms with Gasteiger partial charge in [-0.05, 0) is 18.2 Å². The highest BCUT2D eigenvalue weighted by molar-refractivity contribution is 7.84. The van der Waals surface area contributed by atoms with Crippen LogP contribution in [0.4, 0.5) is 0 Å².